The monoisotopic (exact) mass is 350 g/mol. The first kappa shape index (κ1) is 16.3. The first-order valence-corrected chi connectivity index (χ1v) is 8.51. The normalized spacial score (nSPS) is 18.5. The SMILES string of the molecule is O=C(O)C1Cc2ccccc2CN1C(=O)CN1Cc2ccccc2C1=O. The molecule has 4 rings (SSSR count). The molecule has 0 fully saturated rings. The summed E-state index contributed by atoms with van der Waals surface area (Å²) in [5.74, 6) is -1.55. The summed E-state index contributed by atoms with van der Waals surface area (Å²) in [4.78, 5) is 39.9. The number of carboxylic acid groups (broad SMARTS) is 1. The van der Waals surface area contributed by atoms with Crippen molar-refractivity contribution in [3.63, 3.8) is 0 Å². The van der Waals surface area contributed by atoms with Gasteiger partial charge in [0.1, 0.15) is 12.6 Å². The fraction of sp³-hybridized carbons (Fsp3) is 0.250. The first-order chi connectivity index (χ1) is 12.5. The van der Waals surface area contributed by atoms with Gasteiger partial charge in [-0.2, -0.15) is 0 Å². The van der Waals surface area contributed by atoms with Gasteiger partial charge in [-0.1, -0.05) is 42.5 Å². The van der Waals surface area contributed by atoms with Crippen LogP contribution >= 0.6 is 0 Å². The summed E-state index contributed by atoms with van der Waals surface area (Å²) in [5, 5.41) is 9.56. The van der Waals surface area contributed by atoms with Gasteiger partial charge in [-0.15, -0.1) is 0 Å². The number of carbonyl (C=O) groups is 3. The minimum absolute atomic E-state index is 0.112. The Labute approximate surface area is 150 Å². The van der Waals surface area contributed by atoms with Gasteiger partial charge in [-0.3, -0.25) is 9.59 Å². The van der Waals surface area contributed by atoms with Gasteiger partial charge in [0.2, 0.25) is 5.91 Å². The largest absolute Gasteiger partial charge is 0.480 e. The van der Waals surface area contributed by atoms with E-state index in [2.05, 4.69) is 0 Å². The summed E-state index contributed by atoms with van der Waals surface area (Å²) >= 11 is 0. The predicted octanol–water partition coefficient (Wildman–Crippen LogP) is 1.68. The molecule has 2 aromatic carbocycles. The van der Waals surface area contributed by atoms with Crippen LogP contribution in [0.3, 0.4) is 0 Å². The zero-order valence-corrected chi connectivity index (χ0v) is 14.1. The molecule has 0 saturated carbocycles. The van der Waals surface area contributed by atoms with E-state index in [9.17, 15) is 19.5 Å². The van der Waals surface area contributed by atoms with Crippen LogP contribution in [-0.2, 0) is 29.1 Å². The van der Waals surface area contributed by atoms with Crippen LogP contribution in [0.25, 0.3) is 0 Å². The van der Waals surface area contributed by atoms with E-state index < -0.39 is 12.0 Å². The molecule has 0 spiro atoms. The number of fused-ring (bicyclic) bond motifs is 2. The molecule has 0 saturated heterocycles. The lowest BCUT2D eigenvalue weighted by Gasteiger charge is -2.35. The highest BCUT2D eigenvalue weighted by Gasteiger charge is 2.36. The average molecular weight is 350 g/mol. The van der Waals surface area contributed by atoms with E-state index in [-0.39, 0.29) is 31.3 Å². The molecule has 132 valence electrons. The van der Waals surface area contributed by atoms with Gasteiger partial charge in [0.25, 0.3) is 5.91 Å². The lowest BCUT2D eigenvalue weighted by atomic mass is 9.94. The Hall–Kier alpha value is -3.15. The van der Waals surface area contributed by atoms with E-state index in [1.807, 2.05) is 36.4 Å². The highest BCUT2D eigenvalue weighted by molar-refractivity contribution is 6.00. The third kappa shape index (κ3) is 2.73. The maximum atomic E-state index is 12.8. The average Bonchev–Trinajstić information content (AvgIpc) is 2.96. The highest BCUT2D eigenvalue weighted by atomic mass is 16.4. The molecule has 0 aromatic heterocycles. The Kier molecular flexibility index (Phi) is 3.95. The van der Waals surface area contributed by atoms with Crippen LogP contribution in [0.15, 0.2) is 48.5 Å². The standard InChI is InChI=1S/C20H18N2O4/c23-18(12-21-10-15-7-3-4-8-16(15)19(21)24)22-11-14-6-2-1-5-13(14)9-17(22)20(25)26/h1-8,17H,9-12H2,(H,25,26). The number of carboxylic acids is 1. The van der Waals surface area contributed by atoms with Gasteiger partial charge < -0.3 is 14.9 Å². The molecule has 0 radical (unpaired) electrons. The zero-order valence-electron chi connectivity index (χ0n) is 14.1. The Morgan fingerprint density at radius 2 is 1.62 bits per heavy atom. The molecule has 2 aliphatic rings. The third-order valence-corrected chi connectivity index (χ3v) is 5.08. The number of rotatable bonds is 3. The van der Waals surface area contributed by atoms with Crippen molar-refractivity contribution in [3.05, 3.63) is 70.8 Å². The number of carbonyl (C=O) groups excluding carboxylic acids is 2. The highest BCUT2D eigenvalue weighted by Crippen LogP contribution is 2.26. The number of nitrogens with zero attached hydrogens (tertiary/aromatic N) is 2. The number of benzene rings is 2. The Bertz CT molecular complexity index is 908. The van der Waals surface area contributed by atoms with Crippen molar-refractivity contribution in [2.45, 2.75) is 25.6 Å². The molecule has 2 aliphatic heterocycles. The lowest BCUT2D eigenvalue weighted by Crippen LogP contribution is -2.51. The van der Waals surface area contributed by atoms with Gasteiger partial charge in [0, 0.05) is 25.1 Å². The van der Waals surface area contributed by atoms with Gasteiger partial charge in [-0.25, -0.2) is 4.79 Å². The Morgan fingerprint density at radius 3 is 2.31 bits per heavy atom. The van der Waals surface area contributed by atoms with Crippen molar-refractivity contribution in [2.24, 2.45) is 0 Å². The van der Waals surface area contributed by atoms with Crippen LogP contribution in [0.2, 0.25) is 0 Å². The number of aliphatic carboxylic acids is 1. The second-order valence-electron chi connectivity index (χ2n) is 6.67. The molecule has 0 bridgehead atoms. The quantitative estimate of drug-likeness (QED) is 0.914. The molecule has 6 heteroatoms. The lowest BCUT2D eigenvalue weighted by molar-refractivity contribution is -0.151. The van der Waals surface area contributed by atoms with Crippen molar-refractivity contribution in [3.8, 4) is 0 Å². The van der Waals surface area contributed by atoms with E-state index in [0.29, 0.717) is 12.1 Å². The fourth-order valence-electron chi connectivity index (χ4n) is 3.70. The van der Waals surface area contributed by atoms with Gasteiger partial charge >= 0.3 is 5.97 Å². The molecule has 6 nitrogen and oxygen atoms in total. The van der Waals surface area contributed by atoms with Crippen LogP contribution in [0.4, 0.5) is 0 Å². The summed E-state index contributed by atoms with van der Waals surface area (Å²) in [7, 11) is 0. The van der Waals surface area contributed by atoms with Crippen molar-refractivity contribution in [1.29, 1.82) is 0 Å². The van der Waals surface area contributed by atoms with Crippen LogP contribution in [-0.4, -0.2) is 45.3 Å². The molecular formula is C20H18N2O4. The summed E-state index contributed by atoms with van der Waals surface area (Å²) in [5.41, 5.74) is 3.41. The fourth-order valence-corrected chi connectivity index (χ4v) is 3.70. The van der Waals surface area contributed by atoms with Crippen molar-refractivity contribution >= 4 is 17.8 Å². The Morgan fingerprint density at radius 1 is 0.962 bits per heavy atom. The smallest absolute Gasteiger partial charge is 0.326 e. The van der Waals surface area contributed by atoms with Crippen LogP contribution in [0.1, 0.15) is 27.0 Å². The molecule has 1 atom stereocenters. The maximum absolute atomic E-state index is 12.8. The minimum Gasteiger partial charge on any atom is -0.480 e. The van der Waals surface area contributed by atoms with Crippen molar-refractivity contribution in [2.75, 3.05) is 6.54 Å². The van der Waals surface area contributed by atoms with E-state index in [4.69, 9.17) is 0 Å². The van der Waals surface area contributed by atoms with Gasteiger partial charge in [-0.05, 0) is 22.8 Å². The van der Waals surface area contributed by atoms with Crippen LogP contribution in [0, 0.1) is 0 Å². The molecular weight excluding hydrogens is 332 g/mol. The first-order valence-electron chi connectivity index (χ1n) is 8.51. The van der Waals surface area contributed by atoms with E-state index in [1.165, 1.54) is 9.80 Å². The molecule has 2 heterocycles. The molecule has 0 aliphatic carbocycles. The Balaban J connectivity index is 1.54. The van der Waals surface area contributed by atoms with Crippen molar-refractivity contribution in [1.82, 2.24) is 9.80 Å². The van der Waals surface area contributed by atoms with Gasteiger partial charge in [0.15, 0.2) is 0 Å². The molecule has 26 heavy (non-hydrogen) atoms. The summed E-state index contributed by atoms with van der Waals surface area (Å²) in [6, 6.07) is 13.9. The maximum Gasteiger partial charge on any atom is 0.326 e. The van der Waals surface area contributed by atoms with Gasteiger partial charge in [0.05, 0.1) is 0 Å². The van der Waals surface area contributed by atoms with E-state index in [1.54, 1.807) is 12.1 Å². The molecule has 2 aromatic rings. The zero-order chi connectivity index (χ0) is 18.3. The molecule has 1 unspecified atom stereocenters. The predicted molar refractivity (Wildman–Crippen MR) is 93.3 cm³/mol. The summed E-state index contributed by atoms with van der Waals surface area (Å²) in [6.45, 7) is 0.517. The third-order valence-electron chi connectivity index (χ3n) is 5.08. The van der Waals surface area contributed by atoms with E-state index >= 15 is 0 Å². The second-order valence-corrected chi connectivity index (χ2v) is 6.67. The van der Waals surface area contributed by atoms with E-state index in [0.717, 1.165) is 16.7 Å². The topological polar surface area (TPSA) is 77.9 Å². The number of hydrogen-bond donors (Lipinski definition) is 1. The van der Waals surface area contributed by atoms with Crippen molar-refractivity contribution < 1.29 is 19.5 Å². The molecule has 2 amide bonds. The minimum atomic E-state index is -1.02. The number of amides is 2. The summed E-state index contributed by atoms with van der Waals surface area (Å²) in [6.07, 6.45) is 0.283. The van der Waals surface area contributed by atoms with Crippen LogP contribution < -0.4 is 0 Å². The number of hydrogen-bond acceptors (Lipinski definition) is 3. The second kappa shape index (κ2) is 6.29. The van der Waals surface area contributed by atoms with Crippen LogP contribution in [0.5, 0.6) is 0 Å². The molecule has 1 N–H and O–H groups in total. The summed E-state index contributed by atoms with van der Waals surface area (Å²) < 4.78 is 0.